The number of aromatic nitrogens is 1. The first-order valence-corrected chi connectivity index (χ1v) is 11.4. The molecule has 0 spiro atoms. The summed E-state index contributed by atoms with van der Waals surface area (Å²) >= 11 is 1.71. The van der Waals surface area contributed by atoms with Crippen molar-refractivity contribution >= 4 is 23.2 Å². The van der Waals surface area contributed by atoms with Crippen molar-refractivity contribution in [1.82, 2.24) is 20.5 Å². The number of carbonyl (C=O) groups excluding carboxylic acids is 1. The number of aliphatic imine (C=N–C) groups is 1. The molecular formula is C23H35N5OS. The summed E-state index contributed by atoms with van der Waals surface area (Å²) in [5.74, 6) is 0.835. The highest BCUT2D eigenvalue weighted by Crippen LogP contribution is 2.24. The lowest BCUT2D eigenvalue weighted by molar-refractivity contribution is 0.0827. The third kappa shape index (κ3) is 7.44. The van der Waals surface area contributed by atoms with E-state index >= 15 is 0 Å². The van der Waals surface area contributed by atoms with Crippen molar-refractivity contribution in [3.05, 3.63) is 51.5 Å². The Balaban J connectivity index is 1.87. The standard InChI is InChI=1S/C23H35N5OS/c1-7-24-22(26-14-12-20-27-19(16-30-20)23(2,3)4)25-13-11-17-9-8-10-18(15-17)21(29)28(5)6/h8-10,15-16H,7,11-14H2,1-6H3,(H2,24,25,26). The van der Waals surface area contributed by atoms with Crippen LogP contribution in [-0.2, 0) is 18.3 Å². The zero-order chi connectivity index (χ0) is 22.1. The van der Waals surface area contributed by atoms with E-state index in [-0.39, 0.29) is 11.3 Å². The predicted octanol–water partition coefficient (Wildman–Crippen LogP) is 3.48. The second-order valence-corrected chi connectivity index (χ2v) is 9.41. The molecule has 2 rings (SSSR count). The molecule has 1 aromatic heterocycles. The highest BCUT2D eigenvalue weighted by atomic mass is 32.1. The van der Waals surface area contributed by atoms with Crippen LogP contribution >= 0.6 is 11.3 Å². The number of hydrogen-bond acceptors (Lipinski definition) is 4. The average molecular weight is 430 g/mol. The van der Waals surface area contributed by atoms with Crippen molar-refractivity contribution in [2.24, 2.45) is 4.99 Å². The van der Waals surface area contributed by atoms with Gasteiger partial charge in [-0.15, -0.1) is 11.3 Å². The van der Waals surface area contributed by atoms with Gasteiger partial charge in [0.2, 0.25) is 0 Å². The van der Waals surface area contributed by atoms with Gasteiger partial charge < -0.3 is 15.5 Å². The lowest BCUT2D eigenvalue weighted by atomic mass is 9.93. The minimum absolute atomic E-state index is 0.0246. The third-order valence-corrected chi connectivity index (χ3v) is 5.45. The van der Waals surface area contributed by atoms with E-state index in [9.17, 15) is 4.79 Å². The number of nitrogens with zero attached hydrogens (tertiary/aromatic N) is 3. The van der Waals surface area contributed by atoms with Gasteiger partial charge in [-0.05, 0) is 31.0 Å². The summed E-state index contributed by atoms with van der Waals surface area (Å²) in [7, 11) is 3.54. The van der Waals surface area contributed by atoms with Gasteiger partial charge in [0.1, 0.15) is 0 Å². The molecule has 0 bridgehead atoms. The lowest BCUT2D eigenvalue weighted by Gasteiger charge is -2.14. The summed E-state index contributed by atoms with van der Waals surface area (Å²) < 4.78 is 0. The van der Waals surface area contributed by atoms with Crippen molar-refractivity contribution in [2.45, 2.75) is 46.0 Å². The number of carbonyl (C=O) groups is 1. The maximum Gasteiger partial charge on any atom is 0.253 e. The molecule has 0 saturated heterocycles. The van der Waals surface area contributed by atoms with Gasteiger partial charge in [0.25, 0.3) is 5.91 Å². The molecule has 0 radical (unpaired) electrons. The third-order valence-electron chi connectivity index (χ3n) is 4.55. The molecule has 0 atom stereocenters. The lowest BCUT2D eigenvalue weighted by Crippen LogP contribution is -2.38. The Morgan fingerprint density at radius 3 is 2.60 bits per heavy atom. The maximum absolute atomic E-state index is 12.1. The summed E-state index contributed by atoms with van der Waals surface area (Å²) in [5.41, 5.74) is 3.08. The second kappa shape index (κ2) is 11.1. The van der Waals surface area contributed by atoms with Gasteiger partial charge >= 0.3 is 0 Å². The Hall–Kier alpha value is -2.41. The second-order valence-electron chi connectivity index (χ2n) is 8.46. The van der Waals surface area contributed by atoms with Crippen LogP contribution in [0.3, 0.4) is 0 Å². The molecular weight excluding hydrogens is 394 g/mol. The van der Waals surface area contributed by atoms with Crippen LogP contribution in [0.2, 0.25) is 0 Å². The van der Waals surface area contributed by atoms with Crippen molar-refractivity contribution in [1.29, 1.82) is 0 Å². The number of thiazole rings is 1. The first kappa shape index (κ1) is 23.9. The molecule has 1 amide bonds. The molecule has 0 fully saturated rings. The molecule has 6 nitrogen and oxygen atoms in total. The Bertz CT molecular complexity index is 851. The minimum Gasteiger partial charge on any atom is -0.357 e. The van der Waals surface area contributed by atoms with Gasteiger partial charge in [0.05, 0.1) is 10.7 Å². The zero-order valence-corrected chi connectivity index (χ0v) is 19.9. The number of guanidine groups is 1. The van der Waals surface area contributed by atoms with Crippen LogP contribution in [0.15, 0.2) is 34.6 Å². The Kier molecular flexibility index (Phi) is 8.84. The molecule has 1 aromatic carbocycles. The van der Waals surface area contributed by atoms with E-state index in [0.717, 1.165) is 53.7 Å². The molecule has 164 valence electrons. The smallest absolute Gasteiger partial charge is 0.253 e. The topological polar surface area (TPSA) is 69.6 Å². The normalized spacial score (nSPS) is 12.0. The molecule has 30 heavy (non-hydrogen) atoms. The van der Waals surface area contributed by atoms with Crippen LogP contribution < -0.4 is 10.6 Å². The van der Waals surface area contributed by atoms with Crippen LogP contribution in [-0.4, -0.2) is 55.5 Å². The summed E-state index contributed by atoms with van der Waals surface area (Å²) in [6, 6.07) is 7.80. The summed E-state index contributed by atoms with van der Waals surface area (Å²) in [6.45, 7) is 10.9. The summed E-state index contributed by atoms with van der Waals surface area (Å²) in [4.78, 5) is 23.1. The van der Waals surface area contributed by atoms with Crippen molar-refractivity contribution in [3.63, 3.8) is 0 Å². The predicted molar refractivity (Wildman–Crippen MR) is 127 cm³/mol. The first-order valence-electron chi connectivity index (χ1n) is 10.5. The van der Waals surface area contributed by atoms with E-state index in [1.807, 2.05) is 24.3 Å². The summed E-state index contributed by atoms with van der Waals surface area (Å²) in [6.07, 6.45) is 1.66. The molecule has 2 aromatic rings. The largest absolute Gasteiger partial charge is 0.357 e. The van der Waals surface area contributed by atoms with Crippen molar-refractivity contribution < 1.29 is 4.79 Å². The van der Waals surface area contributed by atoms with E-state index in [1.165, 1.54) is 0 Å². The van der Waals surface area contributed by atoms with E-state index in [2.05, 4.69) is 48.7 Å². The monoisotopic (exact) mass is 429 g/mol. The molecule has 0 saturated carbocycles. The van der Waals surface area contributed by atoms with Gasteiger partial charge in [-0.3, -0.25) is 9.79 Å². The van der Waals surface area contributed by atoms with Gasteiger partial charge in [0, 0.05) is 56.5 Å². The number of rotatable bonds is 8. The van der Waals surface area contributed by atoms with E-state index < -0.39 is 0 Å². The minimum atomic E-state index is 0.0246. The van der Waals surface area contributed by atoms with E-state index in [4.69, 9.17) is 4.98 Å². The molecule has 0 aliphatic rings. The van der Waals surface area contributed by atoms with Crippen LogP contribution in [0.5, 0.6) is 0 Å². The fourth-order valence-electron chi connectivity index (χ4n) is 2.82. The average Bonchev–Trinajstić information content (AvgIpc) is 3.17. The molecule has 2 N–H and O–H groups in total. The number of benzene rings is 1. The van der Waals surface area contributed by atoms with Gasteiger partial charge in [-0.2, -0.15) is 0 Å². The van der Waals surface area contributed by atoms with Gasteiger partial charge in [0.15, 0.2) is 5.96 Å². The SMILES string of the molecule is CCNC(=NCCc1nc(C(C)(C)C)cs1)NCCc1cccc(C(=O)N(C)C)c1. The number of nitrogens with one attached hydrogen (secondary N) is 2. The number of hydrogen-bond donors (Lipinski definition) is 2. The molecule has 1 heterocycles. The molecule has 7 heteroatoms. The van der Waals surface area contributed by atoms with Crippen molar-refractivity contribution in [3.8, 4) is 0 Å². The highest BCUT2D eigenvalue weighted by Gasteiger charge is 2.17. The van der Waals surface area contributed by atoms with Crippen molar-refractivity contribution in [2.75, 3.05) is 33.7 Å². The highest BCUT2D eigenvalue weighted by molar-refractivity contribution is 7.09. The van der Waals surface area contributed by atoms with Crippen LogP contribution in [0.1, 0.15) is 54.3 Å². The van der Waals surface area contributed by atoms with E-state index in [0.29, 0.717) is 6.54 Å². The Morgan fingerprint density at radius 1 is 1.20 bits per heavy atom. The molecule has 0 aliphatic carbocycles. The summed E-state index contributed by atoms with van der Waals surface area (Å²) in [5, 5.41) is 9.95. The maximum atomic E-state index is 12.1. The fourth-order valence-corrected chi connectivity index (χ4v) is 3.83. The molecule has 0 aliphatic heterocycles. The first-order chi connectivity index (χ1) is 14.2. The van der Waals surface area contributed by atoms with Crippen LogP contribution in [0.25, 0.3) is 0 Å². The van der Waals surface area contributed by atoms with Crippen LogP contribution in [0, 0.1) is 0 Å². The van der Waals surface area contributed by atoms with Gasteiger partial charge in [-0.1, -0.05) is 32.9 Å². The number of amides is 1. The molecule has 0 unspecified atom stereocenters. The van der Waals surface area contributed by atoms with Gasteiger partial charge in [-0.25, -0.2) is 4.98 Å². The Labute approximate surface area is 184 Å². The zero-order valence-electron chi connectivity index (χ0n) is 19.1. The van der Waals surface area contributed by atoms with E-state index in [1.54, 1.807) is 30.3 Å². The fraction of sp³-hybridized carbons (Fsp3) is 0.522. The van der Waals surface area contributed by atoms with Crippen LogP contribution in [0.4, 0.5) is 0 Å². The Morgan fingerprint density at radius 2 is 1.97 bits per heavy atom. The quantitative estimate of drug-likeness (QED) is 0.498.